The molecule has 0 aromatic carbocycles. The zero-order valence-corrected chi connectivity index (χ0v) is 29.7. The van der Waals surface area contributed by atoms with E-state index in [0.717, 1.165) is 32.1 Å². The second kappa shape index (κ2) is 28.3. The minimum absolute atomic E-state index is 0.244. The maximum Gasteiger partial charge on any atom is 0.249 e. The first-order valence-electron chi connectivity index (χ1n) is 18.7. The van der Waals surface area contributed by atoms with Gasteiger partial charge >= 0.3 is 0 Å². The standard InChI is InChI=1S/C37H69NO10/c1-3-5-7-9-11-13-14-15-16-17-19-21-23-25-30(41)36(46)38-28(27-47-37-35(45)34(44)33(43)31(26-39)48-37)32(42)29(40)24-22-20-18-12-10-8-6-4-2/h4,6,12,18,28-35,37,39-45H,3,5,7-11,13-17,19-27H2,1-2H3,(H,38,46)/b6-4+,18-12+. The van der Waals surface area contributed by atoms with Gasteiger partial charge in [-0.2, -0.15) is 0 Å². The minimum atomic E-state index is -1.66. The lowest BCUT2D eigenvalue weighted by molar-refractivity contribution is -0.303. The van der Waals surface area contributed by atoms with Crippen LogP contribution in [0.2, 0.25) is 0 Å². The maximum absolute atomic E-state index is 12.9. The third-order valence-electron chi connectivity index (χ3n) is 9.08. The van der Waals surface area contributed by atoms with Crippen molar-refractivity contribution in [3.63, 3.8) is 0 Å². The van der Waals surface area contributed by atoms with E-state index in [1.165, 1.54) is 57.8 Å². The van der Waals surface area contributed by atoms with Gasteiger partial charge in [-0.25, -0.2) is 0 Å². The predicted octanol–water partition coefficient (Wildman–Crippen LogP) is 3.93. The Morgan fingerprint density at radius 1 is 0.750 bits per heavy atom. The topological polar surface area (TPSA) is 189 Å². The number of aliphatic hydroxyl groups excluding tert-OH is 7. The Kier molecular flexibility index (Phi) is 26.3. The number of hydrogen-bond donors (Lipinski definition) is 8. The number of nitrogens with one attached hydrogen (secondary N) is 1. The summed E-state index contributed by atoms with van der Waals surface area (Å²) in [5.41, 5.74) is 0. The van der Waals surface area contributed by atoms with E-state index in [1.807, 2.05) is 19.1 Å². The van der Waals surface area contributed by atoms with Crippen molar-refractivity contribution >= 4 is 5.91 Å². The van der Waals surface area contributed by atoms with E-state index in [1.54, 1.807) is 0 Å². The molecule has 0 saturated carbocycles. The highest BCUT2D eigenvalue weighted by Gasteiger charge is 2.44. The van der Waals surface area contributed by atoms with Crippen molar-refractivity contribution in [1.29, 1.82) is 0 Å². The first-order chi connectivity index (χ1) is 23.2. The molecule has 1 amide bonds. The molecule has 11 nitrogen and oxygen atoms in total. The van der Waals surface area contributed by atoms with Crippen molar-refractivity contribution in [1.82, 2.24) is 5.32 Å². The fourth-order valence-corrected chi connectivity index (χ4v) is 5.87. The number of amides is 1. The van der Waals surface area contributed by atoms with Crippen molar-refractivity contribution < 1.29 is 50.0 Å². The minimum Gasteiger partial charge on any atom is -0.394 e. The molecule has 1 aliphatic rings. The highest BCUT2D eigenvalue weighted by atomic mass is 16.7. The molecule has 0 aromatic heterocycles. The van der Waals surface area contributed by atoms with Crippen LogP contribution in [0.5, 0.6) is 0 Å². The van der Waals surface area contributed by atoms with Gasteiger partial charge in [0, 0.05) is 0 Å². The Morgan fingerprint density at radius 2 is 1.31 bits per heavy atom. The Morgan fingerprint density at radius 3 is 1.90 bits per heavy atom. The van der Waals surface area contributed by atoms with Gasteiger partial charge in [0.15, 0.2) is 6.29 Å². The van der Waals surface area contributed by atoms with Crippen molar-refractivity contribution in [2.45, 2.75) is 191 Å². The molecule has 1 rings (SSSR count). The van der Waals surface area contributed by atoms with Gasteiger partial charge in [-0.05, 0) is 45.4 Å². The van der Waals surface area contributed by atoms with Gasteiger partial charge < -0.3 is 50.5 Å². The molecular formula is C37H69NO10. The van der Waals surface area contributed by atoms with Gasteiger partial charge in [0.05, 0.1) is 25.4 Å². The van der Waals surface area contributed by atoms with Crippen LogP contribution >= 0.6 is 0 Å². The van der Waals surface area contributed by atoms with Crippen molar-refractivity contribution in [2.24, 2.45) is 0 Å². The summed E-state index contributed by atoms with van der Waals surface area (Å²) >= 11 is 0. The molecule has 0 bridgehead atoms. The number of carbonyl (C=O) groups is 1. The molecule has 48 heavy (non-hydrogen) atoms. The average Bonchev–Trinajstić information content (AvgIpc) is 3.08. The summed E-state index contributed by atoms with van der Waals surface area (Å²) < 4.78 is 11.0. The molecule has 0 radical (unpaired) electrons. The lowest BCUT2D eigenvalue weighted by atomic mass is 9.98. The van der Waals surface area contributed by atoms with Crippen LogP contribution in [0.3, 0.4) is 0 Å². The van der Waals surface area contributed by atoms with E-state index in [2.05, 4.69) is 24.4 Å². The van der Waals surface area contributed by atoms with Crippen LogP contribution in [-0.2, 0) is 14.3 Å². The Balaban J connectivity index is 2.58. The quantitative estimate of drug-likeness (QED) is 0.0423. The molecule has 1 fully saturated rings. The molecule has 1 saturated heterocycles. The number of hydrogen-bond acceptors (Lipinski definition) is 10. The van der Waals surface area contributed by atoms with Gasteiger partial charge in [-0.3, -0.25) is 4.79 Å². The first-order valence-corrected chi connectivity index (χ1v) is 18.7. The lowest BCUT2D eigenvalue weighted by Gasteiger charge is -2.40. The molecule has 1 aliphatic heterocycles. The molecule has 11 heteroatoms. The highest BCUT2D eigenvalue weighted by molar-refractivity contribution is 5.80. The second-order valence-corrected chi connectivity index (χ2v) is 13.3. The van der Waals surface area contributed by atoms with E-state index in [0.29, 0.717) is 19.3 Å². The number of ether oxygens (including phenoxy) is 2. The molecule has 0 spiro atoms. The SMILES string of the molecule is C/C=C/CC/C=C/CCCC(O)C(O)C(COC1OC(CO)C(O)C(O)C1O)NC(=O)C(O)CCCCCCCCCCCCCCC. The van der Waals surface area contributed by atoms with Crippen LogP contribution in [0.1, 0.15) is 136 Å². The summed E-state index contributed by atoms with van der Waals surface area (Å²) in [6.07, 6.45) is 15.7. The monoisotopic (exact) mass is 687 g/mol. The predicted molar refractivity (Wildman–Crippen MR) is 187 cm³/mol. The van der Waals surface area contributed by atoms with Crippen LogP contribution in [0, 0.1) is 0 Å². The fourth-order valence-electron chi connectivity index (χ4n) is 5.87. The van der Waals surface area contributed by atoms with Crippen LogP contribution in [-0.4, -0.2) is 110 Å². The smallest absolute Gasteiger partial charge is 0.249 e. The maximum atomic E-state index is 12.9. The number of allylic oxidation sites excluding steroid dienone is 4. The number of carbonyl (C=O) groups excluding carboxylic acids is 1. The highest BCUT2D eigenvalue weighted by Crippen LogP contribution is 2.23. The van der Waals surface area contributed by atoms with Gasteiger partial charge in [-0.15, -0.1) is 0 Å². The van der Waals surface area contributed by atoms with Crippen molar-refractivity contribution in [3.05, 3.63) is 24.3 Å². The van der Waals surface area contributed by atoms with Gasteiger partial charge in [0.1, 0.15) is 36.6 Å². The van der Waals surface area contributed by atoms with Crippen LogP contribution in [0.4, 0.5) is 0 Å². The van der Waals surface area contributed by atoms with Crippen molar-refractivity contribution in [3.8, 4) is 0 Å². The fraction of sp³-hybridized carbons (Fsp3) is 0.865. The van der Waals surface area contributed by atoms with E-state index in [-0.39, 0.29) is 12.8 Å². The Labute approximate surface area is 289 Å². The first kappa shape index (κ1) is 44.6. The van der Waals surface area contributed by atoms with E-state index >= 15 is 0 Å². The zero-order chi connectivity index (χ0) is 35.6. The summed E-state index contributed by atoms with van der Waals surface area (Å²) in [5, 5.41) is 74.9. The van der Waals surface area contributed by atoms with E-state index in [4.69, 9.17) is 9.47 Å². The largest absolute Gasteiger partial charge is 0.394 e. The molecule has 0 aromatic rings. The molecular weight excluding hydrogens is 618 g/mol. The summed E-state index contributed by atoms with van der Waals surface area (Å²) in [6, 6.07) is -1.18. The van der Waals surface area contributed by atoms with Crippen LogP contribution in [0.15, 0.2) is 24.3 Å². The summed E-state index contributed by atoms with van der Waals surface area (Å²) in [5.74, 6) is -0.716. The van der Waals surface area contributed by atoms with Gasteiger partial charge in [-0.1, -0.05) is 115 Å². The van der Waals surface area contributed by atoms with Crippen LogP contribution in [0.25, 0.3) is 0 Å². The van der Waals surface area contributed by atoms with E-state index < -0.39 is 74.2 Å². The molecule has 8 N–H and O–H groups in total. The third-order valence-corrected chi connectivity index (χ3v) is 9.08. The van der Waals surface area contributed by atoms with E-state index in [9.17, 15) is 40.5 Å². The molecule has 9 atom stereocenters. The Hall–Kier alpha value is -1.41. The number of rotatable bonds is 29. The van der Waals surface area contributed by atoms with Gasteiger partial charge in [0.2, 0.25) is 5.91 Å². The normalized spacial score (nSPS) is 24.2. The summed E-state index contributed by atoms with van der Waals surface area (Å²) in [6.45, 7) is 3.13. The average molecular weight is 688 g/mol. The Bertz CT molecular complexity index is 841. The van der Waals surface area contributed by atoms with Gasteiger partial charge in [0.25, 0.3) is 0 Å². The number of unbranched alkanes of at least 4 members (excludes halogenated alkanes) is 14. The molecule has 1 heterocycles. The molecule has 0 aliphatic carbocycles. The molecule has 282 valence electrons. The summed E-state index contributed by atoms with van der Waals surface area (Å²) in [4.78, 5) is 12.9. The summed E-state index contributed by atoms with van der Waals surface area (Å²) in [7, 11) is 0. The molecule has 9 unspecified atom stereocenters. The lowest BCUT2D eigenvalue weighted by Crippen LogP contribution is -2.60. The third kappa shape index (κ3) is 19.1. The second-order valence-electron chi connectivity index (χ2n) is 13.3. The zero-order valence-electron chi connectivity index (χ0n) is 29.7. The van der Waals surface area contributed by atoms with Crippen LogP contribution < -0.4 is 5.32 Å². The number of aliphatic hydroxyl groups is 7. The van der Waals surface area contributed by atoms with Crippen molar-refractivity contribution in [2.75, 3.05) is 13.2 Å².